The third-order valence-electron chi connectivity index (χ3n) is 0. The van der Waals surface area contributed by atoms with Gasteiger partial charge in [-0.15, -0.1) is 0 Å². The van der Waals surface area contributed by atoms with Gasteiger partial charge in [0.1, 0.15) is 0 Å². The van der Waals surface area contributed by atoms with E-state index in [2.05, 4.69) is 0 Å². The smallest absolute Gasteiger partial charge is 0.402 e. The summed E-state index contributed by atoms with van der Waals surface area (Å²) in [5.74, 6) is 0. The van der Waals surface area contributed by atoms with E-state index in [4.69, 9.17) is 60.3 Å². The lowest BCUT2D eigenvalue weighted by molar-refractivity contribution is 0.276. The number of hydrogen-bond acceptors (Lipinski definition) is 12. The minimum absolute atomic E-state index is 0. The van der Waals surface area contributed by atoms with Crippen LogP contribution in [0.1, 0.15) is 0 Å². The summed E-state index contributed by atoms with van der Waals surface area (Å²) in [6, 6.07) is 0. The summed E-state index contributed by atoms with van der Waals surface area (Å²) < 4.78 is 0. The van der Waals surface area contributed by atoms with Gasteiger partial charge in [0.15, 0.2) is 0 Å². The maximum absolute atomic E-state index is 7.17. The van der Waals surface area contributed by atoms with Crippen molar-refractivity contribution in [2.24, 2.45) is 0 Å². The third kappa shape index (κ3) is 2680. The largest absolute Gasteiger partial charge is 0.631 e. The van der Waals surface area contributed by atoms with Gasteiger partial charge in [0.25, 0.3) is 0 Å². The summed E-state index contributed by atoms with van der Waals surface area (Å²) in [4.78, 5) is 0. The Bertz CT molecular complexity index is 65.1. The van der Waals surface area contributed by atoms with E-state index in [1.807, 2.05) is 0 Å². The van der Waals surface area contributed by atoms with Crippen LogP contribution >= 0.6 is 0 Å². The molecule has 0 rings (SSSR count). The molecule has 0 amide bonds. The Balaban J connectivity index is -0.0000000257. The quantitative estimate of drug-likeness (QED) is 0.186. The molecule has 0 atom stereocenters. The van der Waals surface area contributed by atoms with Crippen molar-refractivity contribution in [2.75, 3.05) is 0 Å². The predicted molar refractivity (Wildman–Crippen MR) is 66.7 cm³/mol. The van der Waals surface area contributed by atoms with E-state index in [0.717, 1.165) is 0 Å². The van der Waals surface area contributed by atoms with Gasteiger partial charge in [-0.05, 0) is 0 Å². The van der Waals surface area contributed by atoms with Crippen LogP contribution in [0.5, 0.6) is 0 Å². The van der Waals surface area contributed by atoms with Gasteiger partial charge in [0, 0.05) is 0 Å². The summed E-state index contributed by atoms with van der Waals surface area (Å²) in [5.41, 5.74) is 0. The van der Waals surface area contributed by atoms with Crippen molar-refractivity contribution in [3.63, 3.8) is 0 Å². The first-order valence-corrected chi connectivity index (χ1v) is 3.10. The van der Waals surface area contributed by atoms with Crippen LogP contribution in [0.25, 0.3) is 0 Å². The van der Waals surface area contributed by atoms with Gasteiger partial charge in [-0.2, -0.15) is 0 Å². The molecule has 18 heavy (non-hydrogen) atoms. The maximum atomic E-state index is 7.17. The molecular formula is H16B4Mg2O12. The fourth-order valence-corrected chi connectivity index (χ4v) is 0. The number of hydrogen-bond donors (Lipinski definition) is 12. The van der Waals surface area contributed by atoms with Crippen molar-refractivity contribution in [2.45, 2.75) is 0 Å². The molecule has 0 heterocycles. The van der Waals surface area contributed by atoms with Crippen molar-refractivity contribution < 1.29 is 60.3 Å². The van der Waals surface area contributed by atoms with Gasteiger partial charge in [-0.3, -0.25) is 0 Å². The van der Waals surface area contributed by atoms with E-state index < -0.39 is 29.3 Å². The normalized spacial score (nSPS) is 6.00. The molecule has 0 aromatic heterocycles. The Morgan fingerprint density at radius 3 is 0.278 bits per heavy atom. The van der Waals surface area contributed by atoms with Crippen LogP contribution in [0.3, 0.4) is 0 Å². The Morgan fingerprint density at radius 1 is 0.278 bits per heavy atom. The van der Waals surface area contributed by atoms with E-state index in [1.165, 1.54) is 0 Å². The van der Waals surface area contributed by atoms with Crippen LogP contribution in [0.2, 0.25) is 0 Å². The molecule has 0 fully saturated rings. The molecule has 0 aromatic carbocycles. The molecule has 0 aromatic rings. The molecule has 0 spiro atoms. The highest BCUT2D eigenvalue weighted by molar-refractivity contribution is 6.31. The lowest BCUT2D eigenvalue weighted by Gasteiger charge is -1.69. The molecule has 0 radical (unpaired) electrons. The summed E-state index contributed by atoms with van der Waals surface area (Å²) in [5, 5.41) is 86.0. The monoisotopic (exact) mass is 300 g/mol. The molecule has 0 aliphatic rings. The van der Waals surface area contributed by atoms with Crippen LogP contribution in [0, 0.1) is 0 Å². The molecule has 104 valence electrons. The molecule has 0 unspecified atom stereocenters. The fourth-order valence-electron chi connectivity index (χ4n) is 0. The molecule has 0 bridgehead atoms. The highest BCUT2D eigenvalue weighted by Gasteiger charge is 1.93. The van der Waals surface area contributed by atoms with Gasteiger partial charge >= 0.3 is 75.4 Å². The first-order chi connectivity index (χ1) is 6.93. The van der Waals surface area contributed by atoms with E-state index >= 15 is 0 Å². The van der Waals surface area contributed by atoms with E-state index in [0.29, 0.717) is 0 Å². The fraction of sp³-hybridized carbons (Fsp3) is 0. The van der Waals surface area contributed by atoms with Gasteiger partial charge in [0.2, 0.25) is 0 Å². The molecule has 0 aliphatic carbocycles. The summed E-state index contributed by atoms with van der Waals surface area (Å²) in [6.07, 6.45) is 0. The maximum Gasteiger partial charge on any atom is 0.631 e. The van der Waals surface area contributed by atoms with Crippen molar-refractivity contribution in [3.05, 3.63) is 0 Å². The van der Waals surface area contributed by atoms with Crippen molar-refractivity contribution >= 4 is 75.4 Å². The third-order valence-corrected chi connectivity index (χ3v) is 0. The van der Waals surface area contributed by atoms with Crippen LogP contribution in [0.15, 0.2) is 0 Å². The van der Waals surface area contributed by atoms with Crippen molar-refractivity contribution in [1.29, 1.82) is 0 Å². The summed E-state index contributed by atoms with van der Waals surface area (Å²) in [6.45, 7) is 0. The highest BCUT2D eigenvalue weighted by atomic mass is 24.3. The van der Waals surface area contributed by atoms with Crippen molar-refractivity contribution in [3.8, 4) is 0 Å². The molecule has 0 saturated heterocycles. The Morgan fingerprint density at radius 2 is 0.278 bits per heavy atom. The average Bonchev–Trinajstić information content (AvgIpc) is 1.76. The van der Waals surface area contributed by atoms with Crippen LogP contribution in [-0.2, 0) is 0 Å². The van der Waals surface area contributed by atoms with Gasteiger partial charge < -0.3 is 60.3 Å². The van der Waals surface area contributed by atoms with Gasteiger partial charge in [-0.1, -0.05) is 0 Å². The second-order valence-electron chi connectivity index (χ2n) is 1.39. The van der Waals surface area contributed by atoms with E-state index in [9.17, 15) is 0 Å². The molecular weight excluding hydrogens is 284 g/mol. The Hall–Kier alpha value is 1.31. The number of rotatable bonds is 0. The predicted octanol–water partition coefficient (Wildman–Crippen LogP) is -10.0. The zero-order valence-electron chi connectivity index (χ0n) is 7.68. The highest BCUT2D eigenvalue weighted by Crippen LogP contribution is 1.41. The second kappa shape index (κ2) is 31.0. The zero-order chi connectivity index (χ0) is 14.3. The average molecular weight is 300 g/mol. The molecule has 12 N–H and O–H groups in total. The minimum atomic E-state index is -2.17. The molecule has 0 aliphatic heterocycles. The second-order valence-corrected chi connectivity index (χ2v) is 1.39. The topological polar surface area (TPSA) is 243 Å². The van der Waals surface area contributed by atoms with Gasteiger partial charge in [-0.25, -0.2) is 0 Å². The lowest BCUT2D eigenvalue weighted by atomic mass is 10.3. The summed E-state index contributed by atoms with van der Waals surface area (Å²) >= 11 is 0. The standard InChI is InChI=1S/4BH3O3.2Mg.4H/c4*2-1(3)4;;;;;;/h4*2-4H;;;;;;. The lowest BCUT2D eigenvalue weighted by Crippen LogP contribution is -2.07. The summed E-state index contributed by atoms with van der Waals surface area (Å²) in [7, 11) is -8.67. The first-order valence-electron chi connectivity index (χ1n) is 3.10. The van der Waals surface area contributed by atoms with Crippen LogP contribution in [-0.4, -0.2) is 136 Å². The van der Waals surface area contributed by atoms with Crippen molar-refractivity contribution in [1.82, 2.24) is 0 Å². The molecule has 12 nitrogen and oxygen atoms in total. The minimum Gasteiger partial charge on any atom is -0.402 e. The Kier molecular flexibility index (Phi) is 62.9. The molecule has 18 heteroatoms. The first kappa shape index (κ1) is 36.5. The van der Waals surface area contributed by atoms with Crippen LogP contribution in [0.4, 0.5) is 0 Å². The SMILES string of the molecule is OB(O)O.OB(O)O.OB(O)O.OB(O)O.[MgH2].[MgH2]. The van der Waals surface area contributed by atoms with E-state index in [-0.39, 0.29) is 46.1 Å². The zero-order valence-corrected chi connectivity index (χ0v) is 7.68. The Labute approximate surface area is 135 Å². The van der Waals surface area contributed by atoms with E-state index in [1.54, 1.807) is 0 Å². The van der Waals surface area contributed by atoms with Crippen LogP contribution < -0.4 is 0 Å². The molecule has 0 saturated carbocycles. The van der Waals surface area contributed by atoms with Gasteiger partial charge in [0.05, 0.1) is 0 Å².